The predicted octanol–water partition coefficient (Wildman–Crippen LogP) is 5.46. The van der Waals surface area contributed by atoms with Gasteiger partial charge in [0.15, 0.2) is 0 Å². The molecular formula is C26H22ClF3N2O4. The molecule has 3 aromatic carbocycles. The normalized spacial score (nSPS) is 14.5. The van der Waals surface area contributed by atoms with Crippen molar-refractivity contribution in [3.05, 3.63) is 89.0 Å². The van der Waals surface area contributed by atoms with E-state index in [4.69, 9.17) is 10.5 Å². The van der Waals surface area contributed by atoms with Crippen LogP contribution in [0.4, 0.5) is 18.9 Å². The quantitative estimate of drug-likeness (QED) is 0.334. The maximum absolute atomic E-state index is 13.9. The van der Waals surface area contributed by atoms with Crippen LogP contribution < -0.4 is 15.8 Å². The number of halogens is 4. The molecule has 10 heteroatoms. The number of fused-ring (bicyclic) bond motifs is 1. The first-order chi connectivity index (χ1) is 16.7. The van der Waals surface area contributed by atoms with Crippen LogP contribution in [-0.4, -0.2) is 25.0 Å². The summed E-state index contributed by atoms with van der Waals surface area (Å²) in [5.41, 5.74) is 6.64. The van der Waals surface area contributed by atoms with Gasteiger partial charge in [-0.05, 0) is 54.0 Å². The number of benzene rings is 3. The third kappa shape index (κ3) is 5.87. The molecule has 1 amide bonds. The summed E-state index contributed by atoms with van der Waals surface area (Å²) >= 11 is 0. The highest BCUT2D eigenvalue weighted by atomic mass is 35.5. The highest BCUT2D eigenvalue weighted by Crippen LogP contribution is 2.39. The average molecular weight is 519 g/mol. The van der Waals surface area contributed by atoms with Crippen LogP contribution in [0, 0.1) is 0 Å². The molecule has 4 rings (SSSR count). The molecule has 1 heterocycles. The van der Waals surface area contributed by atoms with Crippen molar-refractivity contribution in [2.24, 2.45) is 5.73 Å². The monoisotopic (exact) mass is 518 g/mol. The van der Waals surface area contributed by atoms with Crippen molar-refractivity contribution < 1.29 is 32.2 Å². The van der Waals surface area contributed by atoms with Gasteiger partial charge in [0.05, 0.1) is 12.7 Å². The third-order valence-corrected chi connectivity index (χ3v) is 5.46. The van der Waals surface area contributed by atoms with Crippen LogP contribution >= 0.6 is 12.4 Å². The van der Waals surface area contributed by atoms with Gasteiger partial charge >= 0.3 is 12.1 Å². The molecule has 3 aromatic rings. The van der Waals surface area contributed by atoms with Crippen LogP contribution in [0.1, 0.15) is 22.3 Å². The highest BCUT2D eigenvalue weighted by Gasteiger charge is 2.34. The smallest absolute Gasteiger partial charge is 0.417 e. The van der Waals surface area contributed by atoms with E-state index in [0.717, 1.165) is 11.6 Å². The molecule has 6 nitrogen and oxygen atoms in total. The number of hydrogen-bond donors (Lipinski definition) is 2. The summed E-state index contributed by atoms with van der Waals surface area (Å²) in [5, 5.41) is 2.65. The Morgan fingerprint density at radius 3 is 2.39 bits per heavy atom. The van der Waals surface area contributed by atoms with Crippen LogP contribution in [-0.2, 0) is 26.9 Å². The van der Waals surface area contributed by atoms with Crippen molar-refractivity contribution in [1.82, 2.24) is 0 Å². The van der Waals surface area contributed by atoms with Crippen molar-refractivity contribution in [3.8, 4) is 11.5 Å². The number of methoxy groups -OCH3 is 1. The Kier molecular flexibility index (Phi) is 8.07. The van der Waals surface area contributed by atoms with Gasteiger partial charge < -0.3 is 20.5 Å². The second-order valence-corrected chi connectivity index (χ2v) is 7.88. The number of ether oxygens (including phenoxy) is 2. The summed E-state index contributed by atoms with van der Waals surface area (Å²) in [6.07, 6.45) is -3.20. The van der Waals surface area contributed by atoms with Crippen molar-refractivity contribution >= 4 is 41.6 Å². The summed E-state index contributed by atoms with van der Waals surface area (Å²) in [7, 11) is 1.25. The van der Waals surface area contributed by atoms with Crippen molar-refractivity contribution in [3.63, 3.8) is 0 Å². The number of hydrogen-bond acceptors (Lipinski definition) is 5. The fourth-order valence-electron chi connectivity index (χ4n) is 3.73. The molecule has 1 aliphatic rings. The standard InChI is InChI=1S/C26H21F3N2O4.ClH/c1-34-25(33)22(30)12-15-6-9-17(10-7-15)35-18-11-8-16(21(14-18)26(27,28)29)13-20-19-4-2-3-5-23(19)31-24(20)32;/h2-11,13-14,22H,12,30H2,1H3,(H,31,32);1H/b20-13+;. The van der Waals surface area contributed by atoms with Gasteiger partial charge in [0, 0.05) is 16.8 Å². The van der Waals surface area contributed by atoms with Crippen LogP contribution in [0.5, 0.6) is 11.5 Å². The largest absolute Gasteiger partial charge is 0.468 e. The average Bonchev–Trinajstić information content (AvgIpc) is 3.14. The van der Waals surface area contributed by atoms with E-state index in [1.807, 2.05) is 0 Å². The Hall–Kier alpha value is -3.82. The van der Waals surface area contributed by atoms with E-state index < -0.39 is 29.7 Å². The first kappa shape index (κ1) is 26.8. The van der Waals surface area contributed by atoms with Gasteiger partial charge in [0.1, 0.15) is 17.5 Å². The van der Waals surface area contributed by atoms with E-state index in [1.54, 1.807) is 48.5 Å². The maximum atomic E-state index is 13.9. The number of esters is 1. The molecule has 36 heavy (non-hydrogen) atoms. The van der Waals surface area contributed by atoms with Gasteiger partial charge in [0.25, 0.3) is 5.91 Å². The van der Waals surface area contributed by atoms with Gasteiger partial charge in [-0.25, -0.2) is 0 Å². The lowest BCUT2D eigenvalue weighted by Gasteiger charge is -2.14. The van der Waals surface area contributed by atoms with Crippen LogP contribution in [0.15, 0.2) is 66.7 Å². The lowest BCUT2D eigenvalue weighted by molar-refractivity contribution is -0.142. The minimum absolute atomic E-state index is 0. The summed E-state index contributed by atoms with van der Waals surface area (Å²) < 4.78 is 51.8. The zero-order chi connectivity index (χ0) is 25.2. The predicted molar refractivity (Wildman–Crippen MR) is 132 cm³/mol. The Morgan fingerprint density at radius 2 is 1.72 bits per heavy atom. The van der Waals surface area contributed by atoms with E-state index in [9.17, 15) is 22.8 Å². The number of rotatable bonds is 6. The minimum Gasteiger partial charge on any atom is -0.468 e. The summed E-state index contributed by atoms with van der Waals surface area (Å²) in [6, 6.07) is 16.0. The van der Waals surface area contributed by atoms with E-state index in [2.05, 4.69) is 10.1 Å². The number of nitrogens with two attached hydrogens (primary N) is 1. The molecule has 188 valence electrons. The molecular weight excluding hydrogens is 497 g/mol. The first-order valence-corrected chi connectivity index (χ1v) is 10.6. The van der Waals surface area contributed by atoms with E-state index in [1.165, 1.54) is 25.3 Å². The summed E-state index contributed by atoms with van der Waals surface area (Å²) in [4.78, 5) is 23.8. The number of carbonyl (C=O) groups is 2. The summed E-state index contributed by atoms with van der Waals surface area (Å²) in [5.74, 6) is -0.719. The Labute approximate surface area is 211 Å². The molecule has 0 saturated carbocycles. The van der Waals surface area contributed by atoms with Crippen molar-refractivity contribution in [1.29, 1.82) is 0 Å². The number of carbonyl (C=O) groups excluding carboxylic acids is 2. The highest BCUT2D eigenvalue weighted by molar-refractivity contribution is 6.34. The SMILES string of the molecule is COC(=O)C(N)Cc1ccc(Oc2ccc(/C=C3/C(=O)Nc4ccccc43)c(C(F)(F)F)c2)cc1.Cl. The van der Waals surface area contributed by atoms with Crippen LogP contribution in [0.25, 0.3) is 11.6 Å². The molecule has 0 saturated heterocycles. The lowest BCUT2D eigenvalue weighted by Crippen LogP contribution is -2.33. The molecule has 0 spiro atoms. The number of para-hydroxylation sites is 1. The molecule has 0 fully saturated rings. The van der Waals surface area contributed by atoms with Crippen LogP contribution in [0.3, 0.4) is 0 Å². The molecule has 3 N–H and O–H groups in total. The lowest BCUT2D eigenvalue weighted by atomic mass is 10.00. The Bertz CT molecular complexity index is 1310. The van der Waals surface area contributed by atoms with Crippen molar-refractivity contribution in [2.75, 3.05) is 12.4 Å². The molecule has 1 atom stereocenters. The second-order valence-electron chi connectivity index (χ2n) is 7.88. The first-order valence-electron chi connectivity index (χ1n) is 10.6. The molecule has 0 aliphatic carbocycles. The number of alkyl halides is 3. The molecule has 0 radical (unpaired) electrons. The van der Waals surface area contributed by atoms with E-state index in [0.29, 0.717) is 17.0 Å². The molecule has 1 aliphatic heterocycles. The third-order valence-electron chi connectivity index (χ3n) is 5.46. The number of anilines is 1. The topological polar surface area (TPSA) is 90.7 Å². The second kappa shape index (κ2) is 10.8. The van der Waals surface area contributed by atoms with E-state index in [-0.39, 0.29) is 35.7 Å². The molecule has 1 unspecified atom stereocenters. The van der Waals surface area contributed by atoms with Gasteiger partial charge in [-0.1, -0.05) is 36.4 Å². The summed E-state index contributed by atoms with van der Waals surface area (Å²) in [6.45, 7) is 0. The number of amides is 1. The fourth-order valence-corrected chi connectivity index (χ4v) is 3.73. The minimum atomic E-state index is -4.67. The zero-order valence-corrected chi connectivity index (χ0v) is 19.8. The van der Waals surface area contributed by atoms with Gasteiger partial charge in [-0.15, -0.1) is 12.4 Å². The van der Waals surface area contributed by atoms with Gasteiger partial charge in [-0.2, -0.15) is 13.2 Å². The number of nitrogens with one attached hydrogen (secondary N) is 1. The molecule has 0 aromatic heterocycles. The van der Waals surface area contributed by atoms with Crippen molar-refractivity contribution in [2.45, 2.75) is 18.6 Å². The van der Waals surface area contributed by atoms with E-state index >= 15 is 0 Å². The maximum Gasteiger partial charge on any atom is 0.417 e. The molecule has 0 bridgehead atoms. The zero-order valence-electron chi connectivity index (χ0n) is 19.0. The Balaban J connectivity index is 0.00000361. The fraction of sp³-hybridized carbons (Fsp3) is 0.154. The van der Waals surface area contributed by atoms with Gasteiger partial charge in [-0.3, -0.25) is 9.59 Å². The van der Waals surface area contributed by atoms with Gasteiger partial charge in [0.2, 0.25) is 0 Å². The Morgan fingerprint density at radius 1 is 1.06 bits per heavy atom. The van der Waals surface area contributed by atoms with Crippen LogP contribution in [0.2, 0.25) is 0 Å².